The third-order valence-electron chi connectivity index (χ3n) is 3.10. The highest BCUT2D eigenvalue weighted by atomic mass is 16.1. The molecule has 19 heavy (non-hydrogen) atoms. The predicted octanol–water partition coefficient (Wildman–Crippen LogP) is 3.07. The molecule has 98 valence electrons. The Morgan fingerprint density at radius 3 is 2.21 bits per heavy atom. The summed E-state index contributed by atoms with van der Waals surface area (Å²) in [6.07, 6.45) is 0. The van der Waals surface area contributed by atoms with Crippen molar-refractivity contribution in [2.24, 2.45) is 0 Å². The summed E-state index contributed by atoms with van der Waals surface area (Å²) >= 11 is 0. The van der Waals surface area contributed by atoms with E-state index in [1.54, 1.807) is 0 Å². The second-order valence-electron chi connectivity index (χ2n) is 4.73. The first-order valence-electron chi connectivity index (χ1n) is 6.29. The molecule has 2 rings (SSSR count). The van der Waals surface area contributed by atoms with Crippen LogP contribution in [0, 0.1) is 6.92 Å². The summed E-state index contributed by atoms with van der Waals surface area (Å²) in [7, 11) is 0. The zero-order valence-corrected chi connectivity index (χ0v) is 11.2. The Kier molecular flexibility index (Phi) is 3.85. The topological polar surface area (TPSA) is 55.1 Å². The minimum atomic E-state index is -0.0654. The predicted molar refractivity (Wildman–Crippen MR) is 77.9 cm³/mol. The third kappa shape index (κ3) is 3.35. The van der Waals surface area contributed by atoms with E-state index >= 15 is 0 Å². The van der Waals surface area contributed by atoms with Gasteiger partial charge in [-0.2, -0.15) is 0 Å². The first kappa shape index (κ1) is 13.1. The number of hydrogen-bond acceptors (Lipinski definition) is 2. The maximum Gasteiger partial charge on any atom is 0.251 e. The summed E-state index contributed by atoms with van der Waals surface area (Å²) in [6, 6.07) is 15.0. The average Bonchev–Trinajstić information content (AvgIpc) is 2.40. The maximum absolute atomic E-state index is 12.1. The van der Waals surface area contributed by atoms with Crippen LogP contribution in [0.1, 0.15) is 34.5 Å². The minimum absolute atomic E-state index is 0.0468. The van der Waals surface area contributed by atoms with E-state index in [0.717, 1.165) is 16.8 Å². The Bertz CT molecular complexity index is 558. The highest BCUT2D eigenvalue weighted by molar-refractivity contribution is 5.94. The van der Waals surface area contributed by atoms with Gasteiger partial charge in [0, 0.05) is 11.3 Å². The van der Waals surface area contributed by atoms with E-state index in [0.29, 0.717) is 5.56 Å². The summed E-state index contributed by atoms with van der Waals surface area (Å²) in [5, 5.41) is 2.97. The van der Waals surface area contributed by atoms with Gasteiger partial charge in [0.05, 0.1) is 6.04 Å². The summed E-state index contributed by atoms with van der Waals surface area (Å²) in [5.74, 6) is -0.0654. The molecule has 0 bridgehead atoms. The van der Waals surface area contributed by atoms with Crippen molar-refractivity contribution in [3.05, 3.63) is 65.2 Å². The molecule has 0 heterocycles. The quantitative estimate of drug-likeness (QED) is 0.827. The van der Waals surface area contributed by atoms with E-state index in [4.69, 9.17) is 5.73 Å². The normalized spacial score (nSPS) is 11.9. The van der Waals surface area contributed by atoms with E-state index in [2.05, 4.69) is 5.32 Å². The monoisotopic (exact) mass is 254 g/mol. The zero-order valence-electron chi connectivity index (χ0n) is 11.2. The Morgan fingerprint density at radius 1 is 1.05 bits per heavy atom. The molecular formula is C16H18N2O. The van der Waals surface area contributed by atoms with Gasteiger partial charge in [-0.25, -0.2) is 0 Å². The molecule has 2 aromatic rings. The lowest BCUT2D eigenvalue weighted by Gasteiger charge is -2.14. The van der Waals surface area contributed by atoms with Crippen molar-refractivity contribution in [2.75, 3.05) is 5.73 Å². The first-order chi connectivity index (χ1) is 9.06. The fourth-order valence-corrected chi connectivity index (χ4v) is 1.85. The average molecular weight is 254 g/mol. The molecule has 0 spiro atoms. The number of aryl methyl sites for hydroxylation is 1. The number of nitrogens with one attached hydrogen (secondary N) is 1. The fraction of sp³-hybridized carbons (Fsp3) is 0.188. The van der Waals surface area contributed by atoms with Crippen LogP contribution in [-0.4, -0.2) is 5.91 Å². The van der Waals surface area contributed by atoms with Crippen LogP contribution in [0.15, 0.2) is 48.5 Å². The molecule has 0 aliphatic carbocycles. The number of benzene rings is 2. The van der Waals surface area contributed by atoms with Gasteiger partial charge in [0.15, 0.2) is 0 Å². The number of nitrogens with two attached hydrogens (primary N) is 1. The number of rotatable bonds is 3. The molecule has 0 saturated heterocycles. The van der Waals surface area contributed by atoms with Crippen LogP contribution < -0.4 is 11.1 Å². The SMILES string of the molecule is Cc1ccc(C(=O)NC(C)c2ccc(N)cc2)cc1. The minimum Gasteiger partial charge on any atom is -0.399 e. The molecule has 0 aromatic heterocycles. The van der Waals surface area contributed by atoms with E-state index in [9.17, 15) is 4.79 Å². The number of anilines is 1. The van der Waals surface area contributed by atoms with Gasteiger partial charge < -0.3 is 11.1 Å². The van der Waals surface area contributed by atoms with Crippen LogP contribution in [0.5, 0.6) is 0 Å². The first-order valence-corrected chi connectivity index (χ1v) is 6.29. The Hall–Kier alpha value is -2.29. The molecule has 1 unspecified atom stereocenters. The Balaban J connectivity index is 2.06. The molecule has 0 aliphatic rings. The summed E-state index contributed by atoms with van der Waals surface area (Å²) in [6.45, 7) is 3.95. The van der Waals surface area contributed by atoms with Crippen molar-refractivity contribution in [3.8, 4) is 0 Å². The second-order valence-corrected chi connectivity index (χ2v) is 4.73. The lowest BCUT2D eigenvalue weighted by molar-refractivity contribution is 0.0940. The molecule has 0 fully saturated rings. The summed E-state index contributed by atoms with van der Waals surface area (Å²) < 4.78 is 0. The van der Waals surface area contributed by atoms with Crippen molar-refractivity contribution in [1.29, 1.82) is 0 Å². The molecule has 3 N–H and O–H groups in total. The smallest absolute Gasteiger partial charge is 0.251 e. The summed E-state index contributed by atoms with van der Waals surface area (Å²) in [5.41, 5.74) is 9.22. The number of carbonyl (C=O) groups is 1. The third-order valence-corrected chi connectivity index (χ3v) is 3.10. The molecule has 1 atom stereocenters. The van der Waals surface area contributed by atoms with Gasteiger partial charge >= 0.3 is 0 Å². The van der Waals surface area contributed by atoms with E-state index in [-0.39, 0.29) is 11.9 Å². The molecule has 2 aromatic carbocycles. The Morgan fingerprint density at radius 2 is 1.63 bits per heavy atom. The van der Waals surface area contributed by atoms with Crippen LogP contribution in [0.3, 0.4) is 0 Å². The lowest BCUT2D eigenvalue weighted by Crippen LogP contribution is -2.26. The van der Waals surface area contributed by atoms with Crippen molar-refractivity contribution in [3.63, 3.8) is 0 Å². The van der Waals surface area contributed by atoms with Gasteiger partial charge in [-0.3, -0.25) is 4.79 Å². The van der Waals surface area contributed by atoms with Gasteiger partial charge in [-0.1, -0.05) is 29.8 Å². The number of amides is 1. The molecule has 0 aliphatic heterocycles. The van der Waals surface area contributed by atoms with Gasteiger partial charge in [-0.15, -0.1) is 0 Å². The van der Waals surface area contributed by atoms with E-state index in [1.807, 2.05) is 62.4 Å². The van der Waals surface area contributed by atoms with Crippen molar-refractivity contribution >= 4 is 11.6 Å². The molecule has 1 amide bonds. The van der Waals surface area contributed by atoms with Crippen molar-refractivity contribution in [2.45, 2.75) is 19.9 Å². The van der Waals surface area contributed by atoms with Crippen molar-refractivity contribution < 1.29 is 4.79 Å². The number of hydrogen-bond donors (Lipinski definition) is 2. The number of nitrogen functional groups attached to an aromatic ring is 1. The molecule has 0 saturated carbocycles. The zero-order chi connectivity index (χ0) is 13.8. The van der Waals surface area contributed by atoms with Gasteiger partial charge in [0.25, 0.3) is 5.91 Å². The van der Waals surface area contributed by atoms with Crippen molar-refractivity contribution in [1.82, 2.24) is 5.32 Å². The van der Waals surface area contributed by atoms with Gasteiger partial charge in [0.2, 0.25) is 0 Å². The van der Waals surface area contributed by atoms with Crippen LogP contribution >= 0.6 is 0 Å². The highest BCUT2D eigenvalue weighted by Gasteiger charge is 2.10. The van der Waals surface area contributed by atoms with E-state index in [1.165, 1.54) is 0 Å². The van der Waals surface area contributed by atoms with E-state index < -0.39 is 0 Å². The van der Waals surface area contributed by atoms with Gasteiger partial charge in [-0.05, 0) is 43.7 Å². The maximum atomic E-state index is 12.1. The fourth-order valence-electron chi connectivity index (χ4n) is 1.85. The summed E-state index contributed by atoms with van der Waals surface area (Å²) in [4.78, 5) is 12.1. The van der Waals surface area contributed by atoms with Crippen LogP contribution in [0.25, 0.3) is 0 Å². The second kappa shape index (κ2) is 5.57. The Labute approximate surface area is 113 Å². The molecule has 0 radical (unpaired) electrons. The lowest BCUT2D eigenvalue weighted by atomic mass is 10.1. The molecular weight excluding hydrogens is 236 g/mol. The highest BCUT2D eigenvalue weighted by Crippen LogP contribution is 2.15. The van der Waals surface area contributed by atoms with Crippen LogP contribution in [0.4, 0.5) is 5.69 Å². The molecule has 3 heteroatoms. The molecule has 3 nitrogen and oxygen atoms in total. The standard InChI is InChI=1S/C16H18N2O/c1-11-3-5-14(6-4-11)16(19)18-12(2)13-7-9-15(17)10-8-13/h3-10,12H,17H2,1-2H3,(H,18,19). The number of carbonyl (C=O) groups excluding carboxylic acids is 1. The van der Waals surface area contributed by atoms with Gasteiger partial charge in [0.1, 0.15) is 0 Å². The van der Waals surface area contributed by atoms with Crippen LogP contribution in [0.2, 0.25) is 0 Å². The largest absolute Gasteiger partial charge is 0.399 e. The van der Waals surface area contributed by atoms with Crippen LogP contribution in [-0.2, 0) is 0 Å².